The summed E-state index contributed by atoms with van der Waals surface area (Å²) in [4.78, 5) is 12.6. The van der Waals surface area contributed by atoms with Gasteiger partial charge in [0, 0.05) is 17.4 Å². The van der Waals surface area contributed by atoms with Crippen molar-refractivity contribution in [2.45, 2.75) is 51.1 Å². The molecule has 2 rings (SSSR count). The standard InChI is InChI=1S/C20H27N3O3S/c1-5-16-8-6-7-9-19(16)21-15(4)20(24)22-17-10-12-18(13-11-17)27(25,26)23-14(2)3/h6-15,21,23H,5H2,1-4H3,(H,22,24)/t15-/m0/s1. The maximum absolute atomic E-state index is 12.4. The molecule has 146 valence electrons. The minimum absolute atomic E-state index is 0.164. The lowest BCUT2D eigenvalue weighted by atomic mass is 10.1. The zero-order valence-corrected chi connectivity index (χ0v) is 16.9. The molecule has 1 atom stereocenters. The molecule has 0 aromatic heterocycles. The van der Waals surface area contributed by atoms with Crippen LogP contribution in [0.3, 0.4) is 0 Å². The van der Waals surface area contributed by atoms with Crippen LogP contribution < -0.4 is 15.4 Å². The fraction of sp³-hybridized carbons (Fsp3) is 0.350. The molecule has 0 fully saturated rings. The van der Waals surface area contributed by atoms with Gasteiger partial charge in [0.1, 0.15) is 6.04 Å². The molecule has 7 heteroatoms. The first-order chi connectivity index (χ1) is 12.7. The van der Waals surface area contributed by atoms with Crippen molar-refractivity contribution in [1.29, 1.82) is 0 Å². The molecule has 0 bridgehead atoms. The number of rotatable bonds is 8. The van der Waals surface area contributed by atoms with Gasteiger partial charge < -0.3 is 10.6 Å². The van der Waals surface area contributed by atoms with E-state index < -0.39 is 16.1 Å². The summed E-state index contributed by atoms with van der Waals surface area (Å²) >= 11 is 0. The average Bonchev–Trinajstić information content (AvgIpc) is 2.61. The summed E-state index contributed by atoms with van der Waals surface area (Å²) in [6.07, 6.45) is 0.873. The van der Waals surface area contributed by atoms with Gasteiger partial charge in [0.05, 0.1) is 4.90 Å². The number of carbonyl (C=O) groups excluding carboxylic acids is 1. The molecule has 2 aromatic rings. The van der Waals surface area contributed by atoms with Gasteiger partial charge in [-0.25, -0.2) is 13.1 Å². The first-order valence-corrected chi connectivity index (χ1v) is 10.5. The summed E-state index contributed by atoms with van der Waals surface area (Å²) in [6.45, 7) is 7.37. The Morgan fingerprint density at radius 2 is 1.63 bits per heavy atom. The number of sulfonamides is 1. The average molecular weight is 390 g/mol. The van der Waals surface area contributed by atoms with Gasteiger partial charge in [-0.2, -0.15) is 0 Å². The van der Waals surface area contributed by atoms with Crippen LogP contribution in [0.1, 0.15) is 33.3 Å². The van der Waals surface area contributed by atoms with Gasteiger partial charge in [-0.3, -0.25) is 4.79 Å². The monoisotopic (exact) mass is 389 g/mol. The molecule has 0 aliphatic carbocycles. The van der Waals surface area contributed by atoms with Crippen molar-refractivity contribution >= 4 is 27.3 Å². The fourth-order valence-electron chi connectivity index (χ4n) is 2.61. The van der Waals surface area contributed by atoms with E-state index in [0.717, 1.165) is 17.7 Å². The molecule has 2 aromatic carbocycles. The van der Waals surface area contributed by atoms with E-state index in [1.165, 1.54) is 12.1 Å². The molecule has 0 saturated heterocycles. The number of para-hydroxylation sites is 1. The summed E-state index contributed by atoms with van der Waals surface area (Å²) in [5, 5.41) is 6.02. The molecule has 0 unspecified atom stereocenters. The van der Waals surface area contributed by atoms with E-state index in [2.05, 4.69) is 22.3 Å². The van der Waals surface area contributed by atoms with Crippen molar-refractivity contribution in [1.82, 2.24) is 4.72 Å². The van der Waals surface area contributed by atoms with E-state index >= 15 is 0 Å². The molecule has 1 amide bonds. The summed E-state index contributed by atoms with van der Waals surface area (Å²) in [5.41, 5.74) is 2.62. The van der Waals surface area contributed by atoms with Gasteiger partial charge in [0.25, 0.3) is 0 Å². The topological polar surface area (TPSA) is 87.3 Å². The second kappa shape index (κ2) is 9.01. The highest BCUT2D eigenvalue weighted by molar-refractivity contribution is 7.89. The quantitative estimate of drug-likeness (QED) is 0.646. The Balaban J connectivity index is 2.03. The second-order valence-electron chi connectivity index (χ2n) is 6.67. The van der Waals surface area contributed by atoms with Crippen LogP contribution >= 0.6 is 0 Å². The van der Waals surface area contributed by atoms with Crippen molar-refractivity contribution in [3.8, 4) is 0 Å². The summed E-state index contributed by atoms with van der Waals surface area (Å²) in [5.74, 6) is -0.197. The Hall–Kier alpha value is -2.38. The third kappa shape index (κ3) is 5.80. The molecule has 3 N–H and O–H groups in total. The predicted molar refractivity (Wildman–Crippen MR) is 109 cm³/mol. The predicted octanol–water partition coefficient (Wildman–Crippen LogP) is 3.37. The maximum atomic E-state index is 12.4. The Kier molecular flexibility index (Phi) is 6.98. The number of carbonyl (C=O) groups is 1. The first kappa shape index (κ1) is 20.9. The molecule has 0 spiro atoms. The van der Waals surface area contributed by atoms with E-state index in [1.807, 2.05) is 24.3 Å². The minimum Gasteiger partial charge on any atom is -0.374 e. The van der Waals surface area contributed by atoms with Crippen LogP contribution in [0.5, 0.6) is 0 Å². The second-order valence-corrected chi connectivity index (χ2v) is 8.38. The number of hydrogen-bond donors (Lipinski definition) is 3. The first-order valence-electron chi connectivity index (χ1n) is 9.00. The largest absolute Gasteiger partial charge is 0.374 e. The fourth-order valence-corrected chi connectivity index (χ4v) is 3.87. The van der Waals surface area contributed by atoms with E-state index in [4.69, 9.17) is 0 Å². The molecule has 0 radical (unpaired) electrons. The highest BCUT2D eigenvalue weighted by Crippen LogP contribution is 2.18. The zero-order valence-electron chi connectivity index (χ0n) is 16.1. The molecular weight excluding hydrogens is 362 g/mol. The number of anilines is 2. The van der Waals surface area contributed by atoms with Crippen LogP contribution in [-0.2, 0) is 21.2 Å². The number of hydrogen-bond acceptors (Lipinski definition) is 4. The van der Waals surface area contributed by atoms with E-state index in [1.54, 1.807) is 32.9 Å². The van der Waals surface area contributed by atoms with E-state index in [0.29, 0.717) is 5.69 Å². The van der Waals surface area contributed by atoms with Gasteiger partial charge in [-0.1, -0.05) is 25.1 Å². The Morgan fingerprint density at radius 3 is 2.22 bits per heavy atom. The molecule has 0 aliphatic rings. The van der Waals surface area contributed by atoms with Crippen molar-refractivity contribution in [2.24, 2.45) is 0 Å². The maximum Gasteiger partial charge on any atom is 0.246 e. The van der Waals surface area contributed by atoms with Gasteiger partial charge in [0.15, 0.2) is 0 Å². The van der Waals surface area contributed by atoms with Crippen molar-refractivity contribution in [3.05, 3.63) is 54.1 Å². The van der Waals surface area contributed by atoms with Crippen molar-refractivity contribution < 1.29 is 13.2 Å². The van der Waals surface area contributed by atoms with Gasteiger partial charge in [0.2, 0.25) is 15.9 Å². The Morgan fingerprint density at radius 1 is 1.00 bits per heavy atom. The third-order valence-electron chi connectivity index (χ3n) is 3.99. The molecule has 0 saturated carbocycles. The van der Waals surface area contributed by atoms with E-state index in [-0.39, 0.29) is 16.8 Å². The number of amides is 1. The SMILES string of the molecule is CCc1ccccc1N[C@@H](C)C(=O)Nc1ccc(S(=O)(=O)NC(C)C)cc1. The van der Waals surface area contributed by atoms with Crippen LogP contribution in [0.2, 0.25) is 0 Å². The van der Waals surface area contributed by atoms with Crippen molar-refractivity contribution in [3.63, 3.8) is 0 Å². The van der Waals surface area contributed by atoms with Gasteiger partial charge in [-0.15, -0.1) is 0 Å². The number of benzene rings is 2. The van der Waals surface area contributed by atoms with Crippen LogP contribution in [-0.4, -0.2) is 26.4 Å². The lowest BCUT2D eigenvalue weighted by Crippen LogP contribution is -2.32. The number of nitrogens with one attached hydrogen (secondary N) is 3. The van der Waals surface area contributed by atoms with Crippen LogP contribution in [0.15, 0.2) is 53.4 Å². The Labute approximate surface area is 161 Å². The van der Waals surface area contributed by atoms with Crippen molar-refractivity contribution in [2.75, 3.05) is 10.6 Å². The summed E-state index contributed by atoms with van der Waals surface area (Å²) in [7, 11) is -3.54. The lowest BCUT2D eigenvalue weighted by Gasteiger charge is -2.17. The smallest absolute Gasteiger partial charge is 0.246 e. The molecule has 0 aliphatic heterocycles. The number of aryl methyl sites for hydroxylation is 1. The Bertz CT molecular complexity index is 878. The molecular formula is C20H27N3O3S. The lowest BCUT2D eigenvalue weighted by molar-refractivity contribution is -0.116. The third-order valence-corrected chi connectivity index (χ3v) is 5.66. The minimum atomic E-state index is -3.54. The highest BCUT2D eigenvalue weighted by Gasteiger charge is 2.17. The van der Waals surface area contributed by atoms with E-state index in [9.17, 15) is 13.2 Å². The summed E-state index contributed by atoms with van der Waals surface area (Å²) in [6, 6.07) is 13.4. The van der Waals surface area contributed by atoms with Gasteiger partial charge >= 0.3 is 0 Å². The van der Waals surface area contributed by atoms with Gasteiger partial charge in [-0.05, 0) is 63.1 Å². The highest BCUT2D eigenvalue weighted by atomic mass is 32.2. The normalized spacial score (nSPS) is 12.6. The zero-order chi connectivity index (χ0) is 20.0. The summed E-state index contributed by atoms with van der Waals surface area (Å²) < 4.78 is 26.8. The molecule has 6 nitrogen and oxygen atoms in total. The molecule has 0 heterocycles. The molecule has 27 heavy (non-hydrogen) atoms. The van der Waals surface area contributed by atoms with Crippen LogP contribution in [0.25, 0.3) is 0 Å². The van der Waals surface area contributed by atoms with Crippen LogP contribution in [0, 0.1) is 0 Å². The van der Waals surface area contributed by atoms with Crippen LogP contribution in [0.4, 0.5) is 11.4 Å².